The fraction of sp³-hybridized carbons (Fsp3) is 0.389. The Morgan fingerprint density at radius 2 is 2.00 bits per heavy atom. The van der Waals surface area contributed by atoms with Crippen LogP contribution >= 0.6 is 11.3 Å². The van der Waals surface area contributed by atoms with Crippen molar-refractivity contribution in [1.29, 1.82) is 0 Å². The van der Waals surface area contributed by atoms with Gasteiger partial charge in [0.25, 0.3) is 0 Å². The summed E-state index contributed by atoms with van der Waals surface area (Å²) in [6, 6.07) is 9.98. The Hall–Kier alpha value is -2.65. The molecule has 1 aliphatic heterocycles. The van der Waals surface area contributed by atoms with Crippen molar-refractivity contribution in [3.8, 4) is 11.3 Å². The Labute approximate surface area is 161 Å². The maximum absolute atomic E-state index is 12.4. The molecule has 9 heteroatoms. The highest BCUT2D eigenvalue weighted by molar-refractivity contribution is 7.10. The minimum Gasteiger partial charge on any atom is -0.350 e. The Bertz CT molecular complexity index is 886. The van der Waals surface area contributed by atoms with E-state index >= 15 is 0 Å². The predicted octanol–water partition coefficient (Wildman–Crippen LogP) is 1.71. The number of hydrogen-bond acceptors (Lipinski definition) is 7. The number of rotatable bonds is 7. The number of tetrazole rings is 1. The molecule has 4 rings (SSSR count). The monoisotopic (exact) mass is 383 g/mol. The fourth-order valence-electron chi connectivity index (χ4n) is 3.20. The molecule has 1 N–H and O–H groups in total. The number of aromatic nitrogens is 5. The molecule has 1 aromatic carbocycles. The largest absolute Gasteiger partial charge is 0.350 e. The topological polar surface area (TPSA) is 88.8 Å². The van der Waals surface area contributed by atoms with Gasteiger partial charge in [0.2, 0.25) is 5.91 Å². The second-order valence-electron chi connectivity index (χ2n) is 6.50. The molecule has 1 saturated heterocycles. The number of nitrogens with one attached hydrogen (secondary N) is 1. The maximum Gasteiger partial charge on any atom is 0.242 e. The summed E-state index contributed by atoms with van der Waals surface area (Å²) in [4.78, 5) is 20.2. The Balaban J connectivity index is 1.35. The number of amides is 1. The van der Waals surface area contributed by atoms with Gasteiger partial charge in [-0.1, -0.05) is 30.3 Å². The van der Waals surface area contributed by atoms with Crippen LogP contribution in [-0.2, 0) is 24.4 Å². The fourth-order valence-corrected chi connectivity index (χ4v) is 3.92. The van der Waals surface area contributed by atoms with Gasteiger partial charge in [-0.25, -0.2) is 9.67 Å². The van der Waals surface area contributed by atoms with Crippen LogP contribution in [0.25, 0.3) is 11.3 Å². The minimum absolute atomic E-state index is 0.114. The minimum atomic E-state index is -0.114. The molecule has 140 valence electrons. The van der Waals surface area contributed by atoms with Crippen LogP contribution in [0.4, 0.5) is 0 Å². The van der Waals surface area contributed by atoms with E-state index in [1.165, 1.54) is 24.2 Å². The van der Waals surface area contributed by atoms with Crippen LogP contribution in [0.2, 0.25) is 0 Å². The SMILES string of the molecule is O=C(Cn1nnnc1CN1CCCC1)NCc1scnc1-c1ccccc1. The summed E-state index contributed by atoms with van der Waals surface area (Å²) in [5, 5.41) is 14.7. The third kappa shape index (κ3) is 4.37. The van der Waals surface area contributed by atoms with Crippen molar-refractivity contribution >= 4 is 17.2 Å². The van der Waals surface area contributed by atoms with Crippen molar-refractivity contribution < 1.29 is 4.79 Å². The van der Waals surface area contributed by atoms with Gasteiger partial charge in [0.05, 0.1) is 29.2 Å². The van der Waals surface area contributed by atoms with Crippen LogP contribution in [0, 0.1) is 0 Å². The summed E-state index contributed by atoms with van der Waals surface area (Å²) in [5.74, 6) is 0.618. The van der Waals surface area contributed by atoms with Gasteiger partial charge in [-0.3, -0.25) is 9.69 Å². The quantitative estimate of drug-likeness (QED) is 0.668. The van der Waals surface area contributed by atoms with Gasteiger partial charge in [0, 0.05) is 5.56 Å². The van der Waals surface area contributed by atoms with Gasteiger partial charge >= 0.3 is 0 Å². The number of carbonyl (C=O) groups is 1. The van der Waals surface area contributed by atoms with E-state index in [-0.39, 0.29) is 12.5 Å². The van der Waals surface area contributed by atoms with E-state index in [1.807, 2.05) is 30.3 Å². The second-order valence-corrected chi connectivity index (χ2v) is 7.44. The van der Waals surface area contributed by atoms with E-state index in [9.17, 15) is 4.79 Å². The summed E-state index contributed by atoms with van der Waals surface area (Å²) < 4.78 is 1.58. The first-order chi connectivity index (χ1) is 13.3. The van der Waals surface area contributed by atoms with Crippen molar-refractivity contribution in [2.24, 2.45) is 0 Å². The first kappa shape index (κ1) is 17.7. The van der Waals surface area contributed by atoms with Crippen molar-refractivity contribution in [1.82, 2.24) is 35.4 Å². The molecular formula is C18H21N7OS. The summed E-state index contributed by atoms with van der Waals surface area (Å²) in [5.41, 5.74) is 3.77. The number of thiazole rings is 1. The number of carbonyl (C=O) groups excluding carboxylic acids is 1. The lowest BCUT2D eigenvalue weighted by Crippen LogP contribution is -2.29. The number of benzene rings is 1. The van der Waals surface area contributed by atoms with Crippen molar-refractivity contribution in [2.75, 3.05) is 13.1 Å². The van der Waals surface area contributed by atoms with Gasteiger partial charge in [0.15, 0.2) is 5.82 Å². The van der Waals surface area contributed by atoms with Gasteiger partial charge in [0.1, 0.15) is 6.54 Å². The third-order valence-corrected chi connectivity index (χ3v) is 5.43. The summed E-state index contributed by atoms with van der Waals surface area (Å²) in [7, 11) is 0. The summed E-state index contributed by atoms with van der Waals surface area (Å²) in [6.45, 7) is 3.37. The van der Waals surface area contributed by atoms with Crippen LogP contribution < -0.4 is 5.32 Å². The molecule has 3 aromatic rings. The van der Waals surface area contributed by atoms with E-state index in [1.54, 1.807) is 10.2 Å². The molecule has 1 aliphatic rings. The molecule has 0 atom stereocenters. The Kier molecular flexibility index (Phi) is 5.50. The number of likely N-dealkylation sites (tertiary alicyclic amines) is 1. The Morgan fingerprint density at radius 1 is 1.19 bits per heavy atom. The van der Waals surface area contributed by atoms with Crippen LogP contribution in [0.1, 0.15) is 23.5 Å². The molecule has 0 bridgehead atoms. The van der Waals surface area contributed by atoms with E-state index in [4.69, 9.17) is 0 Å². The van der Waals surface area contributed by atoms with Gasteiger partial charge in [-0.15, -0.1) is 16.4 Å². The normalized spacial score (nSPS) is 14.5. The zero-order valence-corrected chi connectivity index (χ0v) is 15.7. The molecule has 0 spiro atoms. The average Bonchev–Trinajstić information content (AvgIpc) is 3.44. The van der Waals surface area contributed by atoms with E-state index in [0.29, 0.717) is 13.1 Å². The molecule has 0 saturated carbocycles. The van der Waals surface area contributed by atoms with Crippen LogP contribution in [-0.4, -0.2) is 49.1 Å². The van der Waals surface area contributed by atoms with Gasteiger partial charge in [-0.05, 0) is 36.4 Å². The van der Waals surface area contributed by atoms with E-state index in [2.05, 4.69) is 30.7 Å². The molecular weight excluding hydrogens is 362 g/mol. The Morgan fingerprint density at radius 3 is 2.81 bits per heavy atom. The standard InChI is InChI=1S/C18H21N7OS/c26-17(12-25-16(21-22-23-25)11-24-8-4-5-9-24)19-10-15-18(20-13-27-15)14-6-2-1-3-7-14/h1-3,6-7,13H,4-5,8-12H2,(H,19,26). The lowest BCUT2D eigenvalue weighted by atomic mass is 10.1. The lowest BCUT2D eigenvalue weighted by Gasteiger charge is -2.13. The highest BCUT2D eigenvalue weighted by atomic mass is 32.1. The molecule has 2 aromatic heterocycles. The molecule has 0 aliphatic carbocycles. The average molecular weight is 383 g/mol. The molecule has 8 nitrogen and oxygen atoms in total. The number of hydrogen-bond donors (Lipinski definition) is 1. The third-order valence-electron chi connectivity index (χ3n) is 4.60. The molecule has 0 radical (unpaired) electrons. The summed E-state index contributed by atoms with van der Waals surface area (Å²) in [6.07, 6.45) is 2.42. The van der Waals surface area contributed by atoms with Gasteiger partial charge in [-0.2, -0.15) is 0 Å². The molecule has 3 heterocycles. The lowest BCUT2D eigenvalue weighted by molar-refractivity contribution is -0.122. The zero-order valence-electron chi connectivity index (χ0n) is 14.9. The first-order valence-electron chi connectivity index (χ1n) is 9.01. The highest BCUT2D eigenvalue weighted by Gasteiger charge is 2.17. The maximum atomic E-state index is 12.4. The molecule has 1 fully saturated rings. The highest BCUT2D eigenvalue weighted by Crippen LogP contribution is 2.24. The predicted molar refractivity (Wildman–Crippen MR) is 102 cm³/mol. The number of nitrogens with zero attached hydrogens (tertiary/aromatic N) is 6. The van der Waals surface area contributed by atoms with Gasteiger partial charge < -0.3 is 5.32 Å². The smallest absolute Gasteiger partial charge is 0.242 e. The van der Waals surface area contributed by atoms with Crippen molar-refractivity contribution in [3.05, 3.63) is 46.5 Å². The summed E-state index contributed by atoms with van der Waals surface area (Å²) >= 11 is 1.54. The molecule has 27 heavy (non-hydrogen) atoms. The zero-order chi connectivity index (χ0) is 18.5. The van der Waals surface area contributed by atoms with Crippen molar-refractivity contribution in [2.45, 2.75) is 32.5 Å². The van der Waals surface area contributed by atoms with E-state index in [0.717, 1.165) is 35.0 Å². The van der Waals surface area contributed by atoms with Crippen LogP contribution in [0.3, 0.4) is 0 Å². The second kappa shape index (κ2) is 8.36. The van der Waals surface area contributed by atoms with Crippen LogP contribution in [0.15, 0.2) is 35.8 Å². The molecule has 0 unspecified atom stereocenters. The van der Waals surface area contributed by atoms with E-state index < -0.39 is 0 Å². The first-order valence-corrected chi connectivity index (χ1v) is 9.89. The van der Waals surface area contributed by atoms with Crippen LogP contribution in [0.5, 0.6) is 0 Å². The van der Waals surface area contributed by atoms with Crippen molar-refractivity contribution in [3.63, 3.8) is 0 Å². The molecule has 1 amide bonds.